The van der Waals surface area contributed by atoms with E-state index < -0.39 is 5.91 Å². The number of nitrogens with two attached hydrogens (primary N) is 1. The van der Waals surface area contributed by atoms with Crippen molar-refractivity contribution >= 4 is 40.0 Å². The van der Waals surface area contributed by atoms with Crippen LogP contribution in [0.1, 0.15) is 15.9 Å². The average molecular weight is 351 g/mol. The molecule has 0 radical (unpaired) electrons. The molecule has 3 rings (SSSR count). The highest BCUT2D eigenvalue weighted by Gasteiger charge is 2.19. The molecule has 1 aromatic carbocycles. The lowest BCUT2D eigenvalue weighted by Gasteiger charge is -2.03. The summed E-state index contributed by atoms with van der Waals surface area (Å²) < 4.78 is 6.78. The van der Waals surface area contributed by atoms with E-state index in [1.165, 1.54) is 0 Å². The number of hydrogen-bond donors (Lipinski definition) is 1. The Kier molecular flexibility index (Phi) is 4.11. The lowest BCUT2D eigenvalue weighted by Crippen LogP contribution is -2.13. The summed E-state index contributed by atoms with van der Waals surface area (Å²) in [4.78, 5) is 15.5. The van der Waals surface area contributed by atoms with E-state index in [0.717, 1.165) is 11.3 Å². The van der Waals surface area contributed by atoms with E-state index in [1.54, 1.807) is 18.0 Å². The number of carbonyl (C=O) groups is 1. The summed E-state index contributed by atoms with van der Waals surface area (Å²) in [5.74, 6) is 0.0771. The van der Waals surface area contributed by atoms with Crippen molar-refractivity contribution in [3.05, 3.63) is 51.9 Å². The number of primary amides is 1. The maximum absolute atomic E-state index is 11.6. The second-order valence-corrected chi connectivity index (χ2v) is 5.59. The van der Waals surface area contributed by atoms with Gasteiger partial charge in [0, 0.05) is 6.20 Å². The minimum absolute atomic E-state index is 0.0512. The Morgan fingerprint density at radius 1 is 1.26 bits per heavy atom. The fourth-order valence-corrected chi connectivity index (χ4v) is 2.81. The van der Waals surface area contributed by atoms with E-state index in [-0.39, 0.29) is 15.9 Å². The van der Waals surface area contributed by atoms with Crippen LogP contribution in [0.3, 0.4) is 0 Å². The molecule has 3 aromatic rings. The third kappa shape index (κ3) is 2.95. The number of hydrogen-bond acceptors (Lipinski definition) is 4. The second-order valence-electron chi connectivity index (χ2n) is 4.87. The number of benzene rings is 1. The van der Waals surface area contributed by atoms with Crippen molar-refractivity contribution in [2.75, 3.05) is 7.11 Å². The molecule has 0 spiro atoms. The molecule has 0 aliphatic rings. The maximum atomic E-state index is 11.6. The van der Waals surface area contributed by atoms with Gasteiger partial charge in [-0.2, -0.15) is 5.10 Å². The normalized spacial score (nSPS) is 10.9. The van der Waals surface area contributed by atoms with Crippen molar-refractivity contribution in [1.82, 2.24) is 14.8 Å². The molecule has 0 aliphatic carbocycles. The van der Waals surface area contributed by atoms with Gasteiger partial charge in [-0.25, -0.2) is 4.98 Å². The zero-order chi connectivity index (χ0) is 16.6. The molecule has 118 valence electrons. The Labute approximate surface area is 141 Å². The van der Waals surface area contributed by atoms with E-state index >= 15 is 0 Å². The number of rotatable bonds is 4. The summed E-state index contributed by atoms with van der Waals surface area (Å²) in [6, 6.07) is 7.57. The van der Waals surface area contributed by atoms with Crippen molar-refractivity contribution in [1.29, 1.82) is 0 Å². The van der Waals surface area contributed by atoms with E-state index in [0.29, 0.717) is 17.4 Å². The van der Waals surface area contributed by atoms with Gasteiger partial charge < -0.3 is 10.5 Å². The Hall–Kier alpha value is -2.31. The van der Waals surface area contributed by atoms with Crippen molar-refractivity contribution in [3.63, 3.8) is 0 Å². The van der Waals surface area contributed by atoms with Crippen LogP contribution in [0.25, 0.3) is 10.9 Å². The molecule has 0 saturated carbocycles. The van der Waals surface area contributed by atoms with Gasteiger partial charge in [0.1, 0.15) is 27.1 Å². The smallest absolute Gasteiger partial charge is 0.254 e. The van der Waals surface area contributed by atoms with Gasteiger partial charge in [-0.3, -0.25) is 9.48 Å². The first-order chi connectivity index (χ1) is 11.0. The lowest BCUT2D eigenvalue weighted by molar-refractivity contribution is 0.100. The molecule has 0 saturated heterocycles. The third-order valence-corrected chi connectivity index (χ3v) is 3.93. The Balaban J connectivity index is 2.03. The minimum Gasteiger partial charge on any atom is -0.497 e. The molecule has 6 nitrogen and oxygen atoms in total. The molecule has 8 heteroatoms. The zero-order valence-corrected chi connectivity index (χ0v) is 13.6. The van der Waals surface area contributed by atoms with Crippen LogP contribution < -0.4 is 10.5 Å². The highest BCUT2D eigenvalue weighted by molar-refractivity contribution is 6.38. The van der Waals surface area contributed by atoms with Crippen LogP contribution in [0.2, 0.25) is 10.3 Å². The molecule has 0 unspecified atom stereocenters. The first-order valence-electron chi connectivity index (χ1n) is 6.64. The Morgan fingerprint density at radius 2 is 1.96 bits per heavy atom. The molecule has 0 bridgehead atoms. The van der Waals surface area contributed by atoms with Crippen LogP contribution in [0, 0.1) is 0 Å². The van der Waals surface area contributed by atoms with Crippen molar-refractivity contribution < 1.29 is 9.53 Å². The predicted octanol–water partition coefficient (Wildman–Crippen LogP) is 2.89. The second kappa shape index (κ2) is 6.06. The largest absolute Gasteiger partial charge is 0.497 e. The standard InChI is InChI=1S/C15H12Cl2N4O2/c1-23-9-4-2-8(3-5-9)6-21-7-10-12(20-21)11(15(18)22)14(17)19-13(10)16/h2-5,7H,6H2,1H3,(H2,18,22). The first-order valence-corrected chi connectivity index (χ1v) is 7.40. The highest BCUT2D eigenvalue weighted by atomic mass is 35.5. The van der Waals surface area contributed by atoms with Gasteiger partial charge in [0.25, 0.3) is 5.91 Å². The molecule has 2 N–H and O–H groups in total. The topological polar surface area (TPSA) is 83.0 Å². The molecule has 0 aliphatic heterocycles. The summed E-state index contributed by atoms with van der Waals surface area (Å²) in [6.07, 6.45) is 1.71. The molecule has 2 heterocycles. The van der Waals surface area contributed by atoms with E-state index in [4.69, 9.17) is 33.7 Å². The first kappa shape index (κ1) is 15.6. The van der Waals surface area contributed by atoms with Crippen LogP contribution in [-0.4, -0.2) is 27.8 Å². The maximum Gasteiger partial charge on any atom is 0.254 e. The Bertz CT molecular complexity index is 891. The summed E-state index contributed by atoms with van der Waals surface area (Å²) in [6.45, 7) is 0.491. The number of methoxy groups -OCH3 is 1. The van der Waals surface area contributed by atoms with Gasteiger partial charge in [-0.05, 0) is 17.7 Å². The number of halogens is 2. The van der Waals surface area contributed by atoms with Gasteiger partial charge in [0.05, 0.1) is 19.0 Å². The van der Waals surface area contributed by atoms with E-state index in [1.807, 2.05) is 24.3 Å². The van der Waals surface area contributed by atoms with Crippen LogP contribution in [0.15, 0.2) is 30.5 Å². The summed E-state index contributed by atoms with van der Waals surface area (Å²) in [5, 5.41) is 5.02. The number of nitrogens with zero attached hydrogens (tertiary/aromatic N) is 3. The Morgan fingerprint density at radius 3 is 2.57 bits per heavy atom. The number of ether oxygens (including phenoxy) is 1. The van der Waals surface area contributed by atoms with E-state index in [2.05, 4.69) is 10.1 Å². The van der Waals surface area contributed by atoms with Crippen LogP contribution >= 0.6 is 23.2 Å². The number of fused-ring (bicyclic) bond motifs is 1. The molecule has 1 amide bonds. The van der Waals surface area contributed by atoms with Crippen molar-refractivity contribution in [2.24, 2.45) is 5.73 Å². The average Bonchev–Trinajstić information content (AvgIpc) is 2.91. The van der Waals surface area contributed by atoms with Gasteiger partial charge in [-0.1, -0.05) is 35.3 Å². The number of aromatic nitrogens is 3. The molecular formula is C15H12Cl2N4O2. The van der Waals surface area contributed by atoms with Gasteiger partial charge >= 0.3 is 0 Å². The van der Waals surface area contributed by atoms with Crippen LogP contribution in [-0.2, 0) is 6.54 Å². The monoisotopic (exact) mass is 350 g/mol. The quantitative estimate of drug-likeness (QED) is 0.733. The minimum atomic E-state index is -0.695. The van der Waals surface area contributed by atoms with Crippen molar-refractivity contribution in [3.8, 4) is 5.75 Å². The van der Waals surface area contributed by atoms with E-state index in [9.17, 15) is 4.79 Å². The highest BCUT2D eigenvalue weighted by Crippen LogP contribution is 2.28. The number of pyridine rings is 1. The number of carbonyl (C=O) groups excluding carboxylic acids is 1. The van der Waals surface area contributed by atoms with Gasteiger partial charge in [0.15, 0.2) is 0 Å². The molecular weight excluding hydrogens is 339 g/mol. The fraction of sp³-hybridized carbons (Fsp3) is 0.133. The fourth-order valence-electron chi connectivity index (χ4n) is 2.27. The van der Waals surface area contributed by atoms with Crippen molar-refractivity contribution in [2.45, 2.75) is 6.54 Å². The molecule has 0 fully saturated rings. The summed E-state index contributed by atoms with van der Waals surface area (Å²) in [5.41, 5.74) is 6.78. The zero-order valence-electron chi connectivity index (χ0n) is 12.1. The molecule has 2 aromatic heterocycles. The van der Waals surface area contributed by atoms with Gasteiger partial charge in [-0.15, -0.1) is 0 Å². The lowest BCUT2D eigenvalue weighted by atomic mass is 10.2. The third-order valence-electron chi connectivity index (χ3n) is 3.37. The predicted molar refractivity (Wildman–Crippen MR) is 88.2 cm³/mol. The summed E-state index contributed by atoms with van der Waals surface area (Å²) in [7, 11) is 1.61. The van der Waals surface area contributed by atoms with Gasteiger partial charge in [0.2, 0.25) is 0 Å². The number of amides is 1. The summed E-state index contributed by atoms with van der Waals surface area (Å²) >= 11 is 12.0. The molecule has 23 heavy (non-hydrogen) atoms. The van der Waals surface area contributed by atoms with Crippen LogP contribution in [0.5, 0.6) is 5.75 Å². The SMILES string of the molecule is COc1ccc(Cn2cc3c(Cl)nc(Cl)c(C(N)=O)c3n2)cc1. The van der Waals surface area contributed by atoms with Crippen LogP contribution in [0.4, 0.5) is 0 Å². The molecule has 0 atom stereocenters.